The predicted molar refractivity (Wildman–Crippen MR) is 133 cm³/mol. The number of hydrogen-bond donors (Lipinski definition) is 1. The number of nitrogens with one attached hydrogen (secondary N) is 1. The van der Waals surface area contributed by atoms with Gasteiger partial charge in [-0.2, -0.15) is 5.26 Å². The number of benzene rings is 1. The summed E-state index contributed by atoms with van der Waals surface area (Å²) in [6.07, 6.45) is 4.66. The Kier molecular flexibility index (Phi) is 5.43. The SMILES string of the molecule is Cc1cc(C)c2nc(-c3ccccn3)cc(C(=O)Nc3sc4c(c3C#N)CC[C@H](C)C4)c2c1. The van der Waals surface area contributed by atoms with Gasteiger partial charge in [0.05, 0.1) is 28.0 Å². The van der Waals surface area contributed by atoms with Gasteiger partial charge in [0.15, 0.2) is 0 Å². The van der Waals surface area contributed by atoms with Crippen molar-refractivity contribution in [3.8, 4) is 17.5 Å². The maximum Gasteiger partial charge on any atom is 0.257 e. The molecule has 33 heavy (non-hydrogen) atoms. The van der Waals surface area contributed by atoms with Crippen LogP contribution in [0.3, 0.4) is 0 Å². The molecule has 4 aromatic rings. The van der Waals surface area contributed by atoms with Gasteiger partial charge in [-0.25, -0.2) is 4.98 Å². The maximum atomic E-state index is 13.6. The Balaban J connectivity index is 1.62. The van der Waals surface area contributed by atoms with Crippen LogP contribution in [0.15, 0.2) is 42.6 Å². The van der Waals surface area contributed by atoms with Crippen LogP contribution >= 0.6 is 11.3 Å². The van der Waals surface area contributed by atoms with E-state index in [0.29, 0.717) is 33.4 Å². The largest absolute Gasteiger partial charge is 0.312 e. The van der Waals surface area contributed by atoms with Crippen molar-refractivity contribution in [2.24, 2.45) is 5.92 Å². The van der Waals surface area contributed by atoms with Crippen molar-refractivity contribution in [2.75, 3.05) is 5.32 Å². The van der Waals surface area contributed by atoms with Crippen LogP contribution in [-0.4, -0.2) is 15.9 Å². The molecule has 1 aliphatic carbocycles. The van der Waals surface area contributed by atoms with Crippen LogP contribution in [0.1, 0.15) is 50.8 Å². The quantitative estimate of drug-likeness (QED) is 0.400. The summed E-state index contributed by atoms with van der Waals surface area (Å²) in [7, 11) is 0. The van der Waals surface area contributed by atoms with Crippen LogP contribution in [-0.2, 0) is 12.8 Å². The third-order valence-electron chi connectivity index (χ3n) is 6.27. The fourth-order valence-corrected chi connectivity index (χ4v) is 6.00. The molecule has 3 heterocycles. The van der Waals surface area contributed by atoms with Gasteiger partial charge in [0.1, 0.15) is 11.1 Å². The first-order chi connectivity index (χ1) is 15.9. The van der Waals surface area contributed by atoms with Crippen LogP contribution in [0, 0.1) is 31.1 Å². The number of aryl methyl sites for hydroxylation is 2. The molecule has 0 radical (unpaired) electrons. The zero-order chi connectivity index (χ0) is 23.1. The van der Waals surface area contributed by atoms with Crippen molar-refractivity contribution in [3.05, 3.63) is 75.3 Å². The normalized spacial score (nSPS) is 15.2. The number of carbonyl (C=O) groups excluding carboxylic acids is 1. The fourth-order valence-electron chi connectivity index (χ4n) is 4.64. The molecule has 1 aromatic carbocycles. The number of nitriles is 1. The number of aromatic nitrogens is 2. The summed E-state index contributed by atoms with van der Waals surface area (Å²) in [5, 5.41) is 14.4. The Morgan fingerprint density at radius 1 is 1.21 bits per heavy atom. The number of rotatable bonds is 3. The van der Waals surface area contributed by atoms with E-state index in [0.717, 1.165) is 46.9 Å². The molecule has 0 saturated carbocycles. The minimum Gasteiger partial charge on any atom is -0.312 e. The average molecular weight is 453 g/mol. The van der Waals surface area contributed by atoms with Gasteiger partial charge in [-0.3, -0.25) is 9.78 Å². The summed E-state index contributed by atoms with van der Waals surface area (Å²) in [6.45, 7) is 6.26. The molecular formula is C27H24N4OS. The standard InChI is InChI=1S/C27H24N4OS/c1-15-7-8-18-21(14-28)27(33-24(18)12-15)31-26(32)20-13-23(22-6-4-5-9-29-22)30-25-17(3)10-16(2)11-19(20)25/h4-6,9-11,13,15H,7-8,12H2,1-3H3,(H,31,32)/t15-/m0/s1. The summed E-state index contributed by atoms with van der Waals surface area (Å²) in [4.78, 5) is 24.1. The van der Waals surface area contributed by atoms with E-state index >= 15 is 0 Å². The summed E-state index contributed by atoms with van der Waals surface area (Å²) in [5.74, 6) is 0.370. The molecule has 164 valence electrons. The molecule has 3 aromatic heterocycles. The van der Waals surface area contributed by atoms with Gasteiger partial charge in [0.2, 0.25) is 0 Å². The molecule has 5 nitrogen and oxygen atoms in total. The summed E-state index contributed by atoms with van der Waals surface area (Å²) >= 11 is 1.54. The first-order valence-corrected chi connectivity index (χ1v) is 12.0. The Labute approximate surface area is 197 Å². The second kappa shape index (κ2) is 8.42. The lowest BCUT2D eigenvalue weighted by molar-refractivity contribution is 0.102. The number of pyridine rings is 2. The van der Waals surface area contributed by atoms with Gasteiger partial charge in [-0.05, 0) is 74.4 Å². The molecule has 0 aliphatic heterocycles. The molecule has 0 fully saturated rings. The van der Waals surface area contributed by atoms with E-state index in [1.165, 1.54) is 4.88 Å². The van der Waals surface area contributed by atoms with E-state index in [-0.39, 0.29) is 5.91 Å². The smallest absolute Gasteiger partial charge is 0.257 e. The molecule has 6 heteroatoms. The van der Waals surface area contributed by atoms with Gasteiger partial charge in [0, 0.05) is 16.5 Å². The molecule has 0 bridgehead atoms. The zero-order valence-electron chi connectivity index (χ0n) is 18.9. The number of anilines is 1. The van der Waals surface area contributed by atoms with Crippen LogP contribution in [0.25, 0.3) is 22.3 Å². The molecule has 1 N–H and O–H groups in total. The third-order valence-corrected chi connectivity index (χ3v) is 7.44. The summed E-state index contributed by atoms with van der Waals surface area (Å²) in [6, 6.07) is 13.9. The Bertz CT molecular complexity index is 1430. The van der Waals surface area contributed by atoms with E-state index in [1.807, 2.05) is 38.1 Å². The van der Waals surface area contributed by atoms with Gasteiger partial charge in [-0.15, -0.1) is 11.3 Å². The van der Waals surface area contributed by atoms with Gasteiger partial charge in [-0.1, -0.05) is 24.6 Å². The molecule has 0 spiro atoms. The highest BCUT2D eigenvalue weighted by Gasteiger charge is 2.25. The van der Waals surface area contributed by atoms with Crippen molar-refractivity contribution in [1.82, 2.24) is 9.97 Å². The molecule has 0 saturated heterocycles. The van der Waals surface area contributed by atoms with Crippen molar-refractivity contribution >= 4 is 33.1 Å². The van der Waals surface area contributed by atoms with Crippen LogP contribution < -0.4 is 5.32 Å². The first-order valence-electron chi connectivity index (χ1n) is 11.1. The minimum atomic E-state index is -0.229. The number of nitrogens with zero attached hydrogens (tertiary/aromatic N) is 3. The van der Waals surface area contributed by atoms with Gasteiger partial charge in [0.25, 0.3) is 5.91 Å². The maximum absolute atomic E-state index is 13.6. The van der Waals surface area contributed by atoms with Crippen molar-refractivity contribution in [3.63, 3.8) is 0 Å². The number of thiophene rings is 1. The average Bonchev–Trinajstić information content (AvgIpc) is 3.14. The predicted octanol–water partition coefficient (Wildman–Crippen LogP) is 6.22. The molecule has 5 rings (SSSR count). The van der Waals surface area contributed by atoms with E-state index in [4.69, 9.17) is 4.98 Å². The van der Waals surface area contributed by atoms with E-state index < -0.39 is 0 Å². The highest BCUT2D eigenvalue weighted by atomic mass is 32.1. The molecule has 1 aliphatic rings. The lowest BCUT2D eigenvalue weighted by Crippen LogP contribution is -2.14. The molecule has 1 atom stereocenters. The van der Waals surface area contributed by atoms with E-state index in [2.05, 4.69) is 29.4 Å². The van der Waals surface area contributed by atoms with E-state index in [9.17, 15) is 10.1 Å². The number of fused-ring (bicyclic) bond motifs is 2. The van der Waals surface area contributed by atoms with Crippen molar-refractivity contribution < 1.29 is 4.79 Å². The third kappa shape index (κ3) is 3.90. The van der Waals surface area contributed by atoms with Crippen LogP contribution in [0.2, 0.25) is 0 Å². The second-order valence-corrected chi connectivity index (χ2v) is 9.98. The van der Waals surface area contributed by atoms with Crippen molar-refractivity contribution in [2.45, 2.75) is 40.0 Å². The van der Waals surface area contributed by atoms with Gasteiger partial charge < -0.3 is 5.32 Å². The van der Waals surface area contributed by atoms with Gasteiger partial charge >= 0.3 is 0 Å². The first kappa shape index (κ1) is 21.3. The number of amides is 1. The number of hydrogen-bond acceptors (Lipinski definition) is 5. The Morgan fingerprint density at radius 3 is 2.82 bits per heavy atom. The van der Waals surface area contributed by atoms with E-state index in [1.54, 1.807) is 23.6 Å². The second-order valence-electron chi connectivity index (χ2n) is 8.87. The number of carbonyl (C=O) groups is 1. The van der Waals surface area contributed by atoms with Crippen LogP contribution in [0.4, 0.5) is 5.00 Å². The Morgan fingerprint density at radius 2 is 2.06 bits per heavy atom. The topological polar surface area (TPSA) is 78.7 Å². The summed E-state index contributed by atoms with van der Waals surface area (Å²) < 4.78 is 0. The lowest BCUT2D eigenvalue weighted by Gasteiger charge is -2.17. The zero-order valence-corrected chi connectivity index (χ0v) is 19.7. The monoisotopic (exact) mass is 452 g/mol. The fraction of sp³-hybridized carbons (Fsp3) is 0.259. The highest BCUT2D eigenvalue weighted by Crippen LogP contribution is 2.39. The minimum absolute atomic E-state index is 0.229. The van der Waals surface area contributed by atoms with Crippen molar-refractivity contribution in [1.29, 1.82) is 5.26 Å². The van der Waals surface area contributed by atoms with Crippen LogP contribution in [0.5, 0.6) is 0 Å². The molecule has 1 amide bonds. The highest BCUT2D eigenvalue weighted by molar-refractivity contribution is 7.16. The molecular weight excluding hydrogens is 428 g/mol. The summed E-state index contributed by atoms with van der Waals surface area (Å²) in [5.41, 5.74) is 6.49. The lowest BCUT2D eigenvalue weighted by atomic mass is 9.88. The molecule has 0 unspecified atom stereocenters. The Hall–Kier alpha value is -3.56.